The van der Waals surface area contributed by atoms with Gasteiger partial charge in [-0.15, -0.1) is 0 Å². The Kier molecular flexibility index (Phi) is 5.48. The van der Waals surface area contributed by atoms with Crippen molar-refractivity contribution in [1.82, 2.24) is 9.55 Å². The molecule has 0 fully saturated rings. The molecule has 132 valence electrons. The molecule has 1 aromatic heterocycles. The molecule has 26 heavy (non-hydrogen) atoms. The van der Waals surface area contributed by atoms with Crippen molar-refractivity contribution in [3.63, 3.8) is 0 Å². The van der Waals surface area contributed by atoms with Gasteiger partial charge in [0.1, 0.15) is 11.4 Å². The second kappa shape index (κ2) is 7.97. The van der Waals surface area contributed by atoms with Gasteiger partial charge in [0.25, 0.3) is 11.5 Å². The molecule has 0 saturated heterocycles. The van der Waals surface area contributed by atoms with Gasteiger partial charge < -0.3 is 5.32 Å². The van der Waals surface area contributed by atoms with Crippen LogP contribution in [-0.4, -0.2) is 15.5 Å². The predicted octanol–water partition coefficient (Wildman–Crippen LogP) is 3.46. The molecule has 0 bridgehead atoms. The van der Waals surface area contributed by atoms with Gasteiger partial charge >= 0.3 is 0 Å². The van der Waals surface area contributed by atoms with Gasteiger partial charge in [0.2, 0.25) is 0 Å². The number of amides is 1. The van der Waals surface area contributed by atoms with Crippen LogP contribution >= 0.6 is 11.8 Å². The molecule has 1 N–H and O–H groups in total. The highest BCUT2D eigenvalue weighted by Crippen LogP contribution is 2.20. The molecule has 0 aliphatic rings. The van der Waals surface area contributed by atoms with Crippen LogP contribution in [0.3, 0.4) is 0 Å². The van der Waals surface area contributed by atoms with E-state index in [0.717, 1.165) is 5.56 Å². The Morgan fingerprint density at radius 2 is 1.96 bits per heavy atom. The third kappa shape index (κ3) is 4.18. The van der Waals surface area contributed by atoms with Crippen LogP contribution in [0, 0.1) is 5.82 Å². The molecule has 0 radical (unpaired) electrons. The zero-order valence-electron chi connectivity index (χ0n) is 14.0. The number of benzene rings is 2. The molecule has 5 nitrogen and oxygen atoms in total. The minimum absolute atomic E-state index is 0.0357. The van der Waals surface area contributed by atoms with Crippen LogP contribution in [0.2, 0.25) is 0 Å². The summed E-state index contributed by atoms with van der Waals surface area (Å²) in [5.74, 6) is -0.350. The highest BCUT2D eigenvalue weighted by Gasteiger charge is 2.15. The molecule has 7 heteroatoms. The van der Waals surface area contributed by atoms with E-state index in [4.69, 9.17) is 0 Å². The van der Waals surface area contributed by atoms with E-state index >= 15 is 0 Å². The number of nitrogens with one attached hydrogen (secondary N) is 1. The van der Waals surface area contributed by atoms with E-state index in [-0.39, 0.29) is 11.4 Å². The maximum Gasteiger partial charge on any atom is 0.266 e. The van der Waals surface area contributed by atoms with Crippen molar-refractivity contribution in [2.75, 3.05) is 5.32 Å². The number of halogens is 1. The zero-order chi connectivity index (χ0) is 18.5. The Hall–Kier alpha value is -2.93. The van der Waals surface area contributed by atoms with Crippen LogP contribution in [0.5, 0.6) is 0 Å². The number of carbonyl (C=O) groups excluding carboxylic acids is 1. The van der Waals surface area contributed by atoms with Gasteiger partial charge in [0.15, 0.2) is 5.16 Å². The highest BCUT2D eigenvalue weighted by atomic mass is 32.2. The van der Waals surface area contributed by atoms with Crippen molar-refractivity contribution in [3.05, 3.63) is 88.1 Å². The first kappa shape index (κ1) is 17.9. The molecule has 3 aromatic rings. The Bertz CT molecular complexity index is 990. The summed E-state index contributed by atoms with van der Waals surface area (Å²) in [6.45, 7) is 0. The summed E-state index contributed by atoms with van der Waals surface area (Å²) in [7, 11) is 1.56. The Balaban J connectivity index is 1.75. The monoisotopic (exact) mass is 369 g/mol. The lowest BCUT2D eigenvalue weighted by molar-refractivity contribution is 0.102. The van der Waals surface area contributed by atoms with Gasteiger partial charge in [-0.1, -0.05) is 42.1 Å². The molecule has 0 unspecified atom stereocenters. The summed E-state index contributed by atoms with van der Waals surface area (Å²) in [6, 6.07) is 15.1. The maximum atomic E-state index is 13.2. The van der Waals surface area contributed by atoms with Crippen LogP contribution in [0.1, 0.15) is 15.9 Å². The zero-order valence-corrected chi connectivity index (χ0v) is 14.8. The summed E-state index contributed by atoms with van der Waals surface area (Å²) >= 11 is 1.30. The van der Waals surface area contributed by atoms with Crippen LogP contribution in [0.15, 0.2) is 70.7 Å². The lowest BCUT2D eigenvalue weighted by atomic mass is 10.2. The molecule has 0 aliphatic heterocycles. The van der Waals surface area contributed by atoms with Gasteiger partial charge in [-0.2, -0.15) is 0 Å². The van der Waals surface area contributed by atoms with Crippen molar-refractivity contribution >= 4 is 23.4 Å². The average molecular weight is 369 g/mol. The Labute approximate surface area is 153 Å². The second-order valence-corrected chi connectivity index (χ2v) is 6.50. The highest BCUT2D eigenvalue weighted by molar-refractivity contribution is 7.98. The second-order valence-electron chi connectivity index (χ2n) is 5.56. The Morgan fingerprint density at radius 3 is 2.69 bits per heavy atom. The first-order valence-electron chi connectivity index (χ1n) is 7.84. The average Bonchev–Trinajstić information content (AvgIpc) is 2.64. The minimum atomic E-state index is -0.508. The number of hydrogen-bond donors (Lipinski definition) is 1. The number of carbonyl (C=O) groups is 1. The Morgan fingerprint density at radius 1 is 1.19 bits per heavy atom. The molecule has 0 atom stereocenters. The van der Waals surface area contributed by atoms with Crippen molar-refractivity contribution in [2.24, 2.45) is 7.05 Å². The molecular weight excluding hydrogens is 353 g/mol. The molecule has 0 saturated carbocycles. The predicted molar refractivity (Wildman–Crippen MR) is 99.8 cm³/mol. The van der Waals surface area contributed by atoms with E-state index < -0.39 is 11.5 Å². The summed E-state index contributed by atoms with van der Waals surface area (Å²) < 4.78 is 14.6. The molecule has 3 rings (SSSR count). The van der Waals surface area contributed by atoms with Crippen LogP contribution in [-0.2, 0) is 12.8 Å². The van der Waals surface area contributed by atoms with Crippen molar-refractivity contribution in [3.8, 4) is 0 Å². The number of aromatic nitrogens is 2. The minimum Gasteiger partial charge on any atom is -0.322 e. The number of nitrogens with zero attached hydrogens (tertiary/aromatic N) is 2. The lowest BCUT2D eigenvalue weighted by Crippen LogP contribution is -2.29. The third-order valence-electron chi connectivity index (χ3n) is 3.66. The van der Waals surface area contributed by atoms with Crippen LogP contribution < -0.4 is 10.9 Å². The standard InChI is InChI=1S/C19H16FN3O2S/c1-23-18(25)16(17(24)22-15-8-3-2-4-9-15)11-21-19(23)26-12-13-6-5-7-14(20)10-13/h2-11H,12H2,1H3,(H,22,24). The van der Waals surface area contributed by atoms with E-state index in [0.29, 0.717) is 16.6 Å². The van der Waals surface area contributed by atoms with Crippen LogP contribution in [0.4, 0.5) is 10.1 Å². The first-order chi connectivity index (χ1) is 12.5. The number of para-hydroxylation sites is 1. The summed E-state index contributed by atoms with van der Waals surface area (Å²) in [5, 5.41) is 3.12. The maximum absolute atomic E-state index is 13.2. The molecule has 0 aliphatic carbocycles. The van der Waals surface area contributed by atoms with Gasteiger partial charge in [0, 0.05) is 24.7 Å². The summed E-state index contributed by atoms with van der Waals surface area (Å²) in [4.78, 5) is 29.0. The van der Waals surface area contributed by atoms with Crippen molar-refractivity contribution in [1.29, 1.82) is 0 Å². The van der Waals surface area contributed by atoms with E-state index in [1.807, 2.05) is 6.07 Å². The lowest BCUT2D eigenvalue weighted by Gasteiger charge is -2.09. The smallest absolute Gasteiger partial charge is 0.266 e. The normalized spacial score (nSPS) is 10.5. The summed E-state index contributed by atoms with van der Waals surface area (Å²) in [6.07, 6.45) is 1.27. The topological polar surface area (TPSA) is 64.0 Å². The van der Waals surface area contributed by atoms with Gasteiger partial charge in [0.05, 0.1) is 0 Å². The number of thioether (sulfide) groups is 1. The van der Waals surface area contributed by atoms with Crippen molar-refractivity contribution < 1.29 is 9.18 Å². The first-order valence-corrected chi connectivity index (χ1v) is 8.83. The molecule has 0 spiro atoms. The fourth-order valence-electron chi connectivity index (χ4n) is 2.31. The number of anilines is 1. The fraction of sp³-hybridized carbons (Fsp3) is 0.105. The third-order valence-corrected chi connectivity index (χ3v) is 4.77. The molecule has 2 aromatic carbocycles. The molecule has 1 heterocycles. The van der Waals surface area contributed by atoms with Crippen LogP contribution in [0.25, 0.3) is 0 Å². The van der Waals surface area contributed by atoms with Crippen molar-refractivity contribution in [2.45, 2.75) is 10.9 Å². The summed E-state index contributed by atoms with van der Waals surface area (Å²) in [5.41, 5.74) is 0.917. The fourth-order valence-corrected chi connectivity index (χ4v) is 3.19. The molecule has 1 amide bonds. The van der Waals surface area contributed by atoms with E-state index in [1.54, 1.807) is 43.4 Å². The van der Waals surface area contributed by atoms with E-state index in [1.165, 1.54) is 34.7 Å². The van der Waals surface area contributed by atoms with Gasteiger partial charge in [-0.05, 0) is 29.8 Å². The number of hydrogen-bond acceptors (Lipinski definition) is 4. The van der Waals surface area contributed by atoms with E-state index in [2.05, 4.69) is 10.3 Å². The SMILES string of the molecule is Cn1c(SCc2cccc(F)c2)ncc(C(=O)Nc2ccccc2)c1=O. The number of rotatable bonds is 5. The quantitative estimate of drug-likeness (QED) is 0.553. The molecular formula is C19H16FN3O2S. The van der Waals surface area contributed by atoms with E-state index in [9.17, 15) is 14.0 Å². The van der Waals surface area contributed by atoms with Gasteiger partial charge in [-0.3, -0.25) is 14.2 Å². The van der Waals surface area contributed by atoms with Gasteiger partial charge in [-0.25, -0.2) is 9.37 Å². The largest absolute Gasteiger partial charge is 0.322 e.